The van der Waals surface area contributed by atoms with E-state index >= 15 is 0 Å². The summed E-state index contributed by atoms with van der Waals surface area (Å²) in [5.74, 6) is 0.957. The van der Waals surface area contributed by atoms with Crippen molar-refractivity contribution in [2.75, 3.05) is 0 Å². The second-order valence-electron chi connectivity index (χ2n) is 4.69. The number of thiophene rings is 1. The van der Waals surface area contributed by atoms with E-state index in [1.54, 1.807) is 0 Å². The SMILES string of the molecule is CCC(NC(C)c1ccc(C)s1)C1CC1. The molecule has 84 valence electrons. The van der Waals surface area contributed by atoms with Gasteiger partial charge < -0.3 is 5.32 Å². The first-order valence-electron chi connectivity index (χ1n) is 6.03. The van der Waals surface area contributed by atoms with Crippen molar-refractivity contribution in [1.29, 1.82) is 0 Å². The maximum absolute atomic E-state index is 3.77. The maximum Gasteiger partial charge on any atom is 0.0388 e. The minimum Gasteiger partial charge on any atom is -0.306 e. The normalized spacial score (nSPS) is 20.2. The van der Waals surface area contributed by atoms with E-state index in [0.29, 0.717) is 6.04 Å². The number of nitrogens with one attached hydrogen (secondary N) is 1. The molecule has 2 unspecified atom stereocenters. The average molecular weight is 223 g/mol. The summed E-state index contributed by atoms with van der Waals surface area (Å²) in [5.41, 5.74) is 0. The predicted octanol–water partition coefficient (Wildman–Crippen LogP) is 3.90. The molecule has 2 heteroatoms. The van der Waals surface area contributed by atoms with Crippen LogP contribution in [0.3, 0.4) is 0 Å². The van der Waals surface area contributed by atoms with Crippen molar-refractivity contribution in [2.45, 2.75) is 52.1 Å². The van der Waals surface area contributed by atoms with Gasteiger partial charge in [0.25, 0.3) is 0 Å². The number of aryl methyl sites for hydroxylation is 1. The molecular formula is C13H21NS. The lowest BCUT2D eigenvalue weighted by Crippen LogP contribution is -2.32. The molecule has 1 heterocycles. The van der Waals surface area contributed by atoms with Gasteiger partial charge in [-0.15, -0.1) is 11.3 Å². The van der Waals surface area contributed by atoms with Gasteiger partial charge in [0.2, 0.25) is 0 Å². The fourth-order valence-corrected chi connectivity index (χ4v) is 3.06. The third-order valence-electron chi connectivity index (χ3n) is 3.28. The molecule has 15 heavy (non-hydrogen) atoms. The van der Waals surface area contributed by atoms with Crippen LogP contribution in [0.1, 0.15) is 48.9 Å². The van der Waals surface area contributed by atoms with Gasteiger partial charge in [0.1, 0.15) is 0 Å². The van der Waals surface area contributed by atoms with Crippen LogP contribution in [-0.2, 0) is 0 Å². The molecule has 0 radical (unpaired) electrons. The van der Waals surface area contributed by atoms with E-state index in [-0.39, 0.29) is 0 Å². The largest absolute Gasteiger partial charge is 0.306 e. The van der Waals surface area contributed by atoms with Crippen LogP contribution in [0.15, 0.2) is 12.1 Å². The molecule has 0 aromatic carbocycles. The Hall–Kier alpha value is -0.340. The Balaban J connectivity index is 1.92. The van der Waals surface area contributed by atoms with Gasteiger partial charge in [-0.25, -0.2) is 0 Å². The number of hydrogen-bond donors (Lipinski definition) is 1. The first-order chi connectivity index (χ1) is 7.20. The monoisotopic (exact) mass is 223 g/mol. The van der Waals surface area contributed by atoms with Gasteiger partial charge in [-0.05, 0) is 51.2 Å². The highest BCUT2D eigenvalue weighted by molar-refractivity contribution is 7.12. The predicted molar refractivity (Wildman–Crippen MR) is 67.4 cm³/mol. The molecule has 1 aliphatic carbocycles. The molecule has 0 bridgehead atoms. The third-order valence-corrected chi connectivity index (χ3v) is 4.47. The summed E-state index contributed by atoms with van der Waals surface area (Å²) in [4.78, 5) is 2.89. The van der Waals surface area contributed by atoms with Crippen LogP contribution in [-0.4, -0.2) is 6.04 Å². The van der Waals surface area contributed by atoms with E-state index in [0.717, 1.165) is 12.0 Å². The van der Waals surface area contributed by atoms with Crippen LogP contribution in [0, 0.1) is 12.8 Å². The molecule has 2 rings (SSSR count). The molecule has 1 fully saturated rings. The molecule has 0 spiro atoms. The minimum absolute atomic E-state index is 0.522. The number of rotatable bonds is 5. The summed E-state index contributed by atoms with van der Waals surface area (Å²) in [6.07, 6.45) is 4.13. The van der Waals surface area contributed by atoms with Gasteiger partial charge in [0.05, 0.1) is 0 Å². The van der Waals surface area contributed by atoms with Crippen LogP contribution in [0.4, 0.5) is 0 Å². The Kier molecular flexibility index (Phi) is 3.47. The minimum atomic E-state index is 0.522. The Morgan fingerprint density at radius 3 is 2.67 bits per heavy atom. The highest BCUT2D eigenvalue weighted by Crippen LogP contribution is 2.35. The van der Waals surface area contributed by atoms with E-state index in [1.165, 1.54) is 29.0 Å². The van der Waals surface area contributed by atoms with Crippen LogP contribution in [0.2, 0.25) is 0 Å². The Bertz CT molecular complexity index is 314. The summed E-state index contributed by atoms with van der Waals surface area (Å²) in [6.45, 7) is 6.76. The van der Waals surface area contributed by atoms with Crippen LogP contribution >= 0.6 is 11.3 Å². The van der Waals surface area contributed by atoms with Crippen LogP contribution in [0.25, 0.3) is 0 Å². The topological polar surface area (TPSA) is 12.0 Å². The first-order valence-corrected chi connectivity index (χ1v) is 6.84. The van der Waals surface area contributed by atoms with Gasteiger partial charge in [-0.3, -0.25) is 0 Å². The Labute approximate surface area is 96.9 Å². The highest BCUT2D eigenvalue weighted by Gasteiger charge is 2.30. The summed E-state index contributed by atoms with van der Waals surface area (Å²) in [5, 5.41) is 3.77. The van der Waals surface area contributed by atoms with Crippen molar-refractivity contribution in [3.8, 4) is 0 Å². The quantitative estimate of drug-likeness (QED) is 0.798. The zero-order valence-electron chi connectivity index (χ0n) is 9.92. The van der Waals surface area contributed by atoms with Crippen molar-refractivity contribution in [1.82, 2.24) is 5.32 Å². The first kappa shape index (κ1) is 11.2. The number of hydrogen-bond acceptors (Lipinski definition) is 2. The van der Waals surface area contributed by atoms with Crippen molar-refractivity contribution in [2.24, 2.45) is 5.92 Å². The smallest absolute Gasteiger partial charge is 0.0388 e. The van der Waals surface area contributed by atoms with Crippen LogP contribution < -0.4 is 5.32 Å². The lowest BCUT2D eigenvalue weighted by Gasteiger charge is -2.21. The van der Waals surface area contributed by atoms with Crippen molar-refractivity contribution in [3.63, 3.8) is 0 Å². The average Bonchev–Trinajstić information content (AvgIpc) is 2.97. The maximum atomic E-state index is 3.77. The Morgan fingerprint density at radius 1 is 1.47 bits per heavy atom. The molecule has 0 amide bonds. The second-order valence-corrected chi connectivity index (χ2v) is 6.01. The zero-order chi connectivity index (χ0) is 10.8. The van der Waals surface area contributed by atoms with E-state index in [9.17, 15) is 0 Å². The zero-order valence-corrected chi connectivity index (χ0v) is 10.7. The summed E-state index contributed by atoms with van der Waals surface area (Å²) >= 11 is 1.92. The van der Waals surface area contributed by atoms with E-state index < -0.39 is 0 Å². The lowest BCUT2D eigenvalue weighted by atomic mass is 10.1. The van der Waals surface area contributed by atoms with Gasteiger partial charge in [0.15, 0.2) is 0 Å². The molecule has 1 nitrogen and oxygen atoms in total. The second kappa shape index (κ2) is 4.67. The molecule has 0 aliphatic heterocycles. The van der Waals surface area contributed by atoms with Crippen LogP contribution in [0.5, 0.6) is 0 Å². The van der Waals surface area contributed by atoms with E-state index in [4.69, 9.17) is 0 Å². The fourth-order valence-electron chi connectivity index (χ4n) is 2.18. The summed E-state index contributed by atoms with van der Waals surface area (Å²) < 4.78 is 0. The summed E-state index contributed by atoms with van der Waals surface area (Å²) in [6, 6.07) is 5.74. The third kappa shape index (κ3) is 2.82. The molecule has 1 saturated carbocycles. The molecule has 2 atom stereocenters. The summed E-state index contributed by atoms with van der Waals surface area (Å²) in [7, 11) is 0. The molecule has 0 saturated heterocycles. The van der Waals surface area contributed by atoms with Crippen molar-refractivity contribution in [3.05, 3.63) is 21.9 Å². The Morgan fingerprint density at radius 2 is 2.20 bits per heavy atom. The van der Waals surface area contributed by atoms with E-state index in [2.05, 4.69) is 38.2 Å². The molecular weight excluding hydrogens is 202 g/mol. The molecule has 1 aliphatic rings. The van der Waals surface area contributed by atoms with Gasteiger partial charge >= 0.3 is 0 Å². The fraction of sp³-hybridized carbons (Fsp3) is 0.692. The van der Waals surface area contributed by atoms with Gasteiger partial charge in [-0.1, -0.05) is 6.92 Å². The molecule has 1 aromatic heterocycles. The van der Waals surface area contributed by atoms with Crippen molar-refractivity contribution >= 4 is 11.3 Å². The molecule has 1 aromatic rings. The molecule has 1 N–H and O–H groups in total. The van der Waals surface area contributed by atoms with Gasteiger partial charge in [-0.2, -0.15) is 0 Å². The van der Waals surface area contributed by atoms with Gasteiger partial charge in [0, 0.05) is 21.8 Å². The lowest BCUT2D eigenvalue weighted by molar-refractivity contribution is 0.408. The highest BCUT2D eigenvalue weighted by atomic mass is 32.1. The van der Waals surface area contributed by atoms with E-state index in [1.807, 2.05) is 11.3 Å². The van der Waals surface area contributed by atoms with Crippen molar-refractivity contribution < 1.29 is 0 Å². The standard InChI is InChI=1S/C13H21NS/c1-4-12(11-6-7-11)14-10(3)13-8-5-9(2)15-13/h5,8,10-12,14H,4,6-7H2,1-3H3.